The van der Waals surface area contributed by atoms with E-state index in [4.69, 9.17) is 0 Å². The van der Waals surface area contributed by atoms with Crippen molar-refractivity contribution in [3.8, 4) is 0 Å². The van der Waals surface area contributed by atoms with Crippen LogP contribution in [-0.2, 0) is 9.59 Å². The van der Waals surface area contributed by atoms with Gasteiger partial charge in [0.15, 0.2) is 11.5 Å². The van der Waals surface area contributed by atoms with Gasteiger partial charge in [-0.1, -0.05) is 19.1 Å². The SMILES string of the molecule is CCC(=O)C1=C(O)C(=O)N(c2ccc(F)cc2F)C1c1ccc(F)cc1. The molecule has 1 amide bonds. The van der Waals surface area contributed by atoms with Crippen LogP contribution in [-0.4, -0.2) is 16.8 Å². The third-order valence-electron chi connectivity index (χ3n) is 4.18. The van der Waals surface area contributed by atoms with Crippen LogP contribution in [0.2, 0.25) is 0 Å². The lowest BCUT2D eigenvalue weighted by molar-refractivity contribution is -0.118. The molecule has 0 saturated carbocycles. The molecule has 4 nitrogen and oxygen atoms in total. The number of benzene rings is 2. The van der Waals surface area contributed by atoms with Crippen molar-refractivity contribution in [2.45, 2.75) is 19.4 Å². The molecular formula is C19H14F3NO3. The van der Waals surface area contributed by atoms with Crippen LogP contribution in [0.5, 0.6) is 0 Å². The summed E-state index contributed by atoms with van der Waals surface area (Å²) in [4.78, 5) is 25.7. The number of ketones is 1. The normalized spacial score (nSPS) is 17.2. The van der Waals surface area contributed by atoms with Gasteiger partial charge < -0.3 is 5.11 Å². The van der Waals surface area contributed by atoms with Gasteiger partial charge in [-0.05, 0) is 29.8 Å². The number of nitrogens with zero attached hydrogens (tertiary/aromatic N) is 1. The zero-order chi connectivity index (χ0) is 19.0. The number of anilines is 1. The highest BCUT2D eigenvalue weighted by Crippen LogP contribution is 2.42. The van der Waals surface area contributed by atoms with Gasteiger partial charge >= 0.3 is 0 Å². The van der Waals surface area contributed by atoms with Gasteiger partial charge in [0.25, 0.3) is 5.91 Å². The number of halogens is 3. The molecule has 1 unspecified atom stereocenters. The molecule has 0 radical (unpaired) electrons. The first-order valence-corrected chi connectivity index (χ1v) is 7.85. The van der Waals surface area contributed by atoms with Crippen molar-refractivity contribution >= 4 is 17.4 Å². The van der Waals surface area contributed by atoms with Crippen LogP contribution >= 0.6 is 0 Å². The van der Waals surface area contributed by atoms with Crippen LogP contribution in [0, 0.1) is 17.5 Å². The number of rotatable bonds is 4. The number of amides is 1. The van der Waals surface area contributed by atoms with Gasteiger partial charge in [0.05, 0.1) is 17.3 Å². The third-order valence-corrected chi connectivity index (χ3v) is 4.18. The predicted molar refractivity (Wildman–Crippen MR) is 87.9 cm³/mol. The summed E-state index contributed by atoms with van der Waals surface area (Å²) in [6.45, 7) is 1.55. The topological polar surface area (TPSA) is 57.6 Å². The van der Waals surface area contributed by atoms with Crippen molar-refractivity contribution in [1.29, 1.82) is 0 Å². The Labute approximate surface area is 147 Å². The Kier molecular flexibility index (Phi) is 4.54. The highest BCUT2D eigenvalue weighted by molar-refractivity contribution is 6.16. The maximum absolute atomic E-state index is 14.3. The molecular weight excluding hydrogens is 347 g/mol. The van der Waals surface area contributed by atoms with E-state index in [1.807, 2.05) is 0 Å². The average molecular weight is 361 g/mol. The Morgan fingerprint density at radius 1 is 1.08 bits per heavy atom. The van der Waals surface area contributed by atoms with E-state index in [1.54, 1.807) is 6.92 Å². The van der Waals surface area contributed by atoms with Crippen molar-refractivity contribution in [1.82, 2.24) is 0 Å². The third kappa shape index (κ3) is 2.85. The summed E-state index contributed by atoms with van der Waals surface area (Å²) in [5.74, 6) is -4.68. The van der Waals surface area contributed by atoms with E-state index >= 15 is 0 Å². The molecule has 1 heterocycles. The minimum atomic E-state index is -1.14. The highest BCUT2D eigenvalue weighted by Gasteiger charge is 2.44. The minimum Gasteiger partial charge on any atom is -0.503 e. The molecule has 26 heavy (non-hydrogen) atoms. The van der Waals surface area contributed by atoms with Crippen LogP contribution in [0.3, 0.4) is 0 Å². The van der Waals surface area contributed by atoms with Crippen LogP contribution in [0.1, 0.15) is 24.9 Å². The molecule has 0 fully saturated rings. The highest BCUT2D eigenvalue weighted by atomic mass is 19.1. The lowest BCUT2D eigenvalue weighted by atomic mass is 9.95. The maximum atomic E-state index is 14.3. The van der Waals surface area contributed by atoms with Gasteiger partial charge in [-0.15, -0.1) is 0 Å². The summed E-state index contributed by atoms with van der Waals surface area (Å²) in [5, 5.41) is 10.2. The van der Waals surface area contributed by atoms with Crippen LogP contribution in [0.15, 0.2) is 53.8 Å². The summed E-state index contributed by atoms with van der Waals surface area (Å²) in [7, 11) is 0. The number of Topliss-reactive ketones (excluding diaryl/α,β-unsaturated/α-hetero) is 1. The molecule has 0 aliphatic carbocycles. The second-order valence-corrected chi connectivity index (χ2v) is 5.76. The lowest BCUT2D eigenvalue weighted by Crippen LogP contribution is -2.31. The Bertz CT molecular complexity index is 922. The number of hydrogen-bond acceptors (Lipinski definition) is 3. The van der Waals surface area contributed by atoms with Gasteiger partial charge in [-0.25, -0.2) is 13.2 Å². The van der Waals surface area contributed by atoms with Crippen LogP contribution in [0.4, 0.5) is 18.9 Å². The van der Waals surface area contributed by atoms with E-state index in [1.165, 1.54) is 12.1 Å². The van der Waals surface area contributed by atoms with Crippen molar-refractivity contribution in [3.63, 3.8) is 0 Å². The molecule has 3 rings (SSSR count). The van der Waals surface area contributed by atoms with Gasteiger partial charge in [0.1, 0.15) is 17.5 Å². The Hall–Kier alpha value is -3.09. The fourth-order valence-electron chi connectivity index (χ4n) is 2.97. The molecule has 2 aromatic rings. The molecule has 0 spiro atoms. The quantitative estimate of drug-likeness (QED) is 0.896. The molecule has 1 atom stereocenters. The fourth-order valence-corrected chi connectivity index (χ4v) is 2.97. The van der Waals surface area contributed by atoms with E-state index in [9.17, 15) is 27.9 Å². The molecule has 0 bridgehead atoms. The summed E-state index contributed by atoms with van der Waals surface area (Å²) in [6, 6.07) is 6.39. The average Bonchev–Trinajstić information content (AvgIpc) is 2.87. The van der Waals surface area contributed by atoms with E-state index in [-0.39, 0.29) is 17.7 Å². The van der Waals surface area contributed by atoms with E-state index in [0.717, 1.165) is 29.2 Å². The minimum absolute atomic E-state index is 0.00408. The first-order chi connectivity index (χ1) is 12.3. The van der Waals surface area contributed by atoms with Gasteiger partial charge in [-0.3, -0.25) is 14.5 Å². The molecule has 1 N–H and O–H groups in total. The lowest BCUT2D eigenvalue weighted by Gasteiger charge is -2.27. The molecule has 0 aromatic heterocycles. The molecule has 134 valence electrons. The zero-order valence-corrected chi connectivity index (χ0v) is 13.7. The number of carbonyl (C=O) groups excluding carboxylic acids is 2. The largest absolute Gasteiger partial charge is 0.503 e. The first-order valence-electron chi connectivity index (χ1n) is 7.85. The standard InChI is InChI=1S/C19H14F3NO3/c1-2-15(24)16-17(10-3-5-11(20)6-4-10)23(19(26)18(16)25)14-8-7-12(21)9-13(14)22/h3-9,17,25H,2H2,1H3. The van der Waals surface area contributed by atoms with E-state index in [2.05, 4.69) is 0 Å². The first kappa shape index (κ1) is 17.7. The maximum Gasteiger partial charge on any atom is 0.294 e. The Morgan fingerprint density at radius 3 is 2.27 bits per heavy atom. The summed E-state index contributed by atoms with van der Waals surface area (Å²) < 4.78 is 40.8. The van der Waals surface area contributed by atoms with Crippen molar-refractivity contribution < 1.29 is 27.9 Å². The van der Waals surface area contributed by atoms with Crippen molar-refractivity contribution in [3.05, 3.63) is 76.8 Å². The van der Waals surface area contributed by atoms with Crippen LogP contribution in [0.25, 0.3) is 0 Å². The van der Waals surface area contributed by atoms with E-state index < -0.39 is 40.9 Å². The van der Waals surface area contributed by atoms with E-state index in [0.29, 0.717) is 11.6 Å². The number of aliphatic hydroxyl groups is 1. The molecule has 7 heteroatoms. The number of aliphatic hydroxyl groups excluding tert-OH is 1. The van der Waals surface area contributed by atoms with Gasteiger partial charge in [0, 0.05) is 12.5 Å². The summed E-state index contributed by atoms with van der Waals surface area (Å²) in [5.41, 5.74) is -0.187. The monoisotopic (exact) mass is 361 g/mol. The van der Waals surface area contributed by atoms with Crippen molar-refractivity contribution in [2.24, 2.45) is 0 Å². The Morgan fingerprint density at radius 2 is 1.69 bits per heavy atom. The smallest absolute Gasteiger partial charge is 0.294 e. The summed E-state index contributed by atoms with van der Waals surface area (Å²) in [6.07, 6.45) is 0.00408. The van der Waals surface area contributed by atoms with Crippen molar-refractivity contribution in [2.75, 3.05) is 4.90 Å². The van der Waals surface area contributed by atoms with Gasteiger partial charge in [-0.2, -0.15) is 0 Å². The molecule has 0 saturated heterocycles. The Balaban J connectivity index is 2.20. The molecule has 1 aliphatic rings. The van der Waals surface area contributed by atoms with Crippen LogP contribution < -0.4 is 4.90 Å². The van der Waals surface area contributed by atoms with Gasteiger partial charge in [0.2, 0.25) is 0 Å². The fraction of sp³-hybridized carbons (Fsp3) is 0.158. The molecule has 2 aromatic carbocycles. The number of carbonyl (C=O) groups is 2. The second kappa shape index (κ2) is 6.67. The molecule has 1 aliphatic heterocycles. The second-order valence-electron chi connectivity index (χ2n) is 5.76. The number of hydrogen-bond donors (Lipinski definition) is 1. The summed E-state index contributed by atoms with van der Waals surface area (Å²) >= 11 is 0. The zero-order valence-electron chi connectivity index (χ0n) is 13.7. The predicted octanol–water partition coefficient (Wildman–Crippen LogP) is 3.98.